The minimum absolute atomic E-state index is 0.0139. The van der Waals surface area contributed by atoms with Gasteiger partial charge >= 0.3 is 5.56 Å². The van der Waals surface area contributed by atoms with Crippen LogP contribution in [0.15, 0.2) is 11.1 Å². The zero-order valence-corrected chi connectivity index (χ0v) is 6.98. The highest BCUT2D eigenvalue weighted by Gasteiger charge is 2.15. The van der Waals surface area contributed by atoms with Crippen LogP contribution in [0.4, 0.5) is 5.95 Å². The van der Waals surface area contributed by atoms with Crippen molar-refractivity contribution in [1.82, 2.24) is 14.6 Å². The van der Waals surface area contributed by atoms with E-state index in [9.17, 15) is 4.79 Å². The third kappa shape index (κ3) is 0.866. The largest absolute Gasteiger partial charge is 0.368 e. The van der Waals surface area contributed by atoms with Gasteiger partial charge in [0, 0.05) is 0 Å². The Morgan fingerprint density at radius 2 is 2.38 bits per heavy atom. The van der Waals surface area contributed by atoms with Crippen molar-refractivity contribution in [3.63, 3.8) is 0 Å². The molecule has 0 fully saturated rings. The number of anilines is 1. The maximum Gasteiger partial charge on any atom is 0.325 e. The quantitative estimate of drug-likeness (QED) is 0.318. The third-order valence-corrected chi connectivity index (χ3v) is 1.87. The van der Waals surface area contributed by atoms with Gasteiger partial charge in [-0.2, -0.15) is 9.66 Å². The molecule has 0 unspecified atom stereocenters. The van der Waals surface area contributed by atoms with Gasteiger partial charge in [-0.05, 0) is 0 Å². The third-order valence-electron chi connectivity index (χ3n) is 1.87. The first-order valence-electron chi connectivity index (χ1n) is 3.61. The number of nitrogens with one attached hydrogen (secondary N) is 1. The Labute approximate surface area is 72.6 Å². The first-order chi connectivity index (χ1) is 6.11. The van der Waals surface area contributed by atoms with E-state index in [-0.39, 0.29) is 11.5 Å². The van der Waals surface area contributed by atoms with Crippen LogP contribution in [0.25, 0.3) is 11.2 Å². The van der Waals surface area contributed by atoms with E-state index in [1.54, 1.807) is 17.9 Å². The molecule has 0 radical (unpaired) electrons. The molecule has 2 aromatic rings. The standard InChI is InChI=1S/C6H8N6O/c1-11-2-9-4-3(11)5(13)12(8)6(7)10-4/h2H,8H2,1H3,(H2,7,10,13)/p+1. The van der Waals surface area contributed by atoms with Gasteiger partial charge in [0.15, 0.2) is 0 Å². The molecule has 2 heterocycles. The maximum absolute atomic E-state index is 11.5. The van der Waals surface area contributed by atoms with E-state index in [0.717, 1.165) is 4.68 Å². The molecule has 0 saturated heterocycles. The van der Waals surface area contributed by atoms with Gasteiger partial charge < -0.3 is 11.6 Å². The molecule has 7 heteroatoms. The number of nitrogen functional groups attached to an aromatic ring is 2. The number of hydrogen-bond donors (Lipinski definition) is 3. The molecule has 0 aromatic carbocycles. The van der Waals surface area contributed by atoms with E-state index >= 15 is 0 Å². The van der Waals surface area contributed by atoms with E-state index in [2.05, 4.69) is 9.97 Å². The summed E-state index contributed by atoms with van der Waals surface area (Å²) in [6, 6.07) is 0. The molecule has 0 spiro atoms. The van der Waals surface area contributed by atoms with Gasteiger partial charge in [0.25, 0.3) is 11.2 Å². The van der Waals surface area contributed by atoms with Crippen molar-refractivity contribution in [2.45, 2.75) is 0 Å². The number of imidazole rings is 1. The highest BCUT2D eigenvalue weighted by atomic mass is 16.1. The molecule has 68 valence electrons. The number of aromatic amines is 1. The second kappa shape index (κ2) is 2.22. The zero-order chi connectivity index (χ0) is 9.59. The molecule has 2 aromatic heterocycles. The molecule has 0 saturated carbocycles. The summed E-state index contributed by atoms with van der Waals surface area (Å²) in [6.07, 6.45) is 1.61. The van der Waals surface area contributed by atoms with E-state index in [1.807, 2.05) is 0 Å². The van der Waals surface area contributed by atoms with Gasteiger partial charge in [0.1, 0.15) is 0 Å². The summed E-state index contributed by atoms with van der Waals surface area (Å²) in [5, 5.41) is 0. The lowest BCUT2D eigenvalue weighted by Crippen LogP contribution is -2.38. The van der Waals surface area contributed by atoms with Crippen LogP contribution in [0, 0.1) is 0 Å². The molecular formula is C6H9N6O+. The molecule has 0 aliphatic rings. The van der Waals surface area contributed by atoms with Crippen molar-refractivity contribution >= 4 is 17.1 Å². The summed E-state index contributed by atoms with van der Waals surface area (Å²) >= 11 is 0. The lowest BCUT2D eigenvalue weighted by atomic mass is 10.5. The van der Waals surface area contributed by atoms with E-state index in [4.69, 9.17) is 11.6 Å². The number of nitrogens with two attached hydrogens (primary N) is 2. The number of hydrogen-bond acceptors (Lipinski definition) is 4. The van der Waals surface area contributed by atoms with Crippen LogP contribution >= 0.6 is 0 Å². The monoisotopic (exact) mass is 181 g/mol. The fraction of sp³-hybridized carbons (Fsp3) is 0.167. The van der Waals surface area contributed by atoms with Crippen molar-refractivity contribution in [3.8, 4) is 0 Å². The Morgan fingerprint density at radius 1 is 1.69 bits per heavy atom. The molecule has 0 aliphatic carbocycles. The van der Waals surface area contributed by atoms with Crippen LogP contribution in [0.1, 0.15) is 0 Å². The second-order valence-corrected chi connectivity index (χ2v) is 2.73. The van der Waals surface area contributed by atoms with Crippen molar-refractivity contribution in [1.29, 1.82) is 0 Å². The smallest absolute Gasteiger partial charge is 0.325 e. The minimum atomic E-state index is -0.369. The summed E-state index contributed by atoms with van der Waals surface area (Å²) in [4.78, 5) is 18.2. The van der Waals surface area contributed by atoms with Gasteiger partial charge in [-0.3, -0.25) is 4.79 Å². The van der Waals surface area contributed by atoms with Gasteiger partial charge in [0.05, 0.1) is 7.05 Å². The van der Waals surface area contributed by atoms with Crippen LogP contribution < -0.4 is 21.7 Å². The topological polar surface area (TPSA) is 107 Å². The fourth-order valence-electron chi connectivity index (χ4n) is 1.18. The van der Waals surface area contributed by atoms with Crippen molar-refractivity contribution in [2.75, 3.05) is 11.6 Å². The maximum atomic E-state index is 11.5. The van der Waals surface area contributed by atoms with E-state index in [1.165, 1.54) is 0 Å². The van der Waals surface area contributed by atoms with Gasteiger partial charge in [-0.15, -0.1) is 0 Å². The normalized spacial score (nSPS) is 10.8. The number of H-pyrrole nitrogens is 1. The molecule has 13 heavy (non-hydrogen) atoms. The highest BCUT2D eigenvalue weighted by molar-refractivity contribution is 5.65. The number of aromatic nitrogens is 4. The summed E-state index contributed by atoms with van der Waals surface area (Å²) in [6.45, 7) is 0. The molecule has 0 bridgehead atoms. The Morgan fingerprint density at radius 3 is 3.08 bits per heavy atom. The Bertz CT molecular complexity index is 524. The molecule has 0 atom stereocenters. The number of fused-ring (bicyclic) bond motifs is 1. The van der Waals surface area contributed by atoms with Crippen LogP contribution in [-0.4, -0.2) is 14.6 Å². The summed E-state index contributed by atoms with van der Waals surface area (Å²) in [5.74, 6) is 5.35. The van der Waals surface area contributed by atoms with Gasteiger partial charge in [-0.1, -0.05) is 0 Å². The predicted molar refractivity (Wildman–Crippen MR) is 46.1 cm³/mol. The average Bonchev–Trinajstić information content (AvgIpc) is 2.43. The van der Waals surface area contributed by atoms with Crippen LogP contribution in [0.3, 0.4) is 0 Å². The average molecular weight is 181 g/mol. The van der Waals surface area contributed by atoms with Crippen LogP contribution in [-0.2, 0) is 7.05 Å². The zero-order valence-electron chi connectivity index (χ0n) is 6.98. The fourth-order valence-corrected chi connectivity index (χ4v) is 1.18. The number of aryl methyl sites for hydroxylation is 1. The van der Waals surface area contributed by atoms with Crippen LogP contribution in [0.5, 0.6) is 0 Å². The van der Waals surface area contributed by atoms with Crippen molar-refractivity contribution in [2.24, 2.45) is 7.05 Å². The van der Waals surface area contributed by atoms with Crippen molar-refractivity contribution in [3.05, 3.63) is 16.7 Å². The first-order valence-corrected chi connectivity index (χ1v) is 3.61. The lowest BCUT2D eigenvalue weighted by Gasteiger charge is -1.98. The summed E-state index contributed by atoms with van der Waals surface area (Å²) in [7, 11) is 1.72. The molecule has 7 nitrogen and oxygen atoms in total. The summed E-state index contributed by atoms with van der Waals surface area (Å²) < 4.78 is 2.42. The SMILES string of the molecule is C[n+]1c[nH]c2nc(N)n(N)c(=O)c21. The van der Waals surface area contributed by atoms with E-state index < -0.39 is 0 Å². The molecule has 5 N–H and O–H groups in total. The van der Waals surface area contributed by atoms with E-state index in [0.29, 0.717) is 11.2 Å². The van der Waals surface area contributed by atoms with Crippen molar-refractivity contribution < 1.29 is 4.57 Å². The first kappa shape index (κ1) is 7.59. The molecule has 0 aliphatic heterocycles. The Balaban J connectivity index is 3.06. The Kier molecular flexibility index (Phi) is 1.30. The van der Waals surface area contributed by atoms with Crippen LogP contribution in [0.2, 0.25) is 0 Å². The summed E-state index contributed by atoms with van der Waals surface area (Å²) in [5.41, 5.74) is 5.86. The Hall–Kier alpha value is -2.05. The second-order valence-electron chi connectivity index (χ2n) is 2.73. The number of rotatable bonds is 0. The minimum Gasteiger partial charge on any atom is -0.368 e. The molecule has 2 rings (SSSR count). The number of nitrogens with zero attached hydrogens (tertiary/aromatic N) is 3. The highest BCUT2D eigenvalue weighted by Crippen LogP contribution is 1.98. The molecule has 0 amide bonds. The van der Waals surface area contributed by atoms with Gasteiger partial charge in [-0.25, -0.2) is 9.55 Å². The lowest BCUT2D eigenvalue weighted by molar-refractivity contribution is -0.645. The molecular weight excluding hydrogens is 172 g/mol. The predicted octanol–water partition coefficient (Wildman–Crippen LogP) is -2.15. The van der Waals surface area contributed by atoms with Gasteiger partial charge in [0.2, 0.25) is 12.3 Å².